The van der Waals surface area contributed by atoms with E-state index in [2.05, 4.69) is 11.4 Å². The number of benzene rings is 2. The van der Waals surface area contributed by atoms with Gasteiger partial charge in [0.05, 0.1) is 18.0 Å². The molecule has 2 atom stereocenters. The minimum absolute atomic E-state index is 0.223. The van der Waals surface area contributed by atoms with Crippen LogP contribution in [0.2, 0.25) is 0 Å². The van der Waals surface area contributed by atoms with Gasteiger partial charge in [-0.25, -0.2) is 8.42 Å². The lowest BCUT2D eigenvalue weighted by Crippen LogP contribution is -2.48. The minimum Gasteiger partial charge on any atom is -0.348 e. The molecule has 152 valence electrons. The van der Waals surface area contributed by atoms with Crippen LogP contribution in [0.25, 0.3) is 0 Å². The maximum absolute atomic E-state index is 12.9. The summed E-state index contributed by atoms with van der Waals surface area (Å²) in [6, 6.07) is 12.3. The molecule has 6 heteroatoms. The van der Waals surface area contributed by atoms with Crippen molar-refractivity contribution in [1.82, 2.24) is 5.32 Å². The average Bonchev–Trinajstić information content (AvgIpc) is 2.61. The van der Waals surface area contributed by atoms with Gasteiger partial charge in [-0.2, -0.15) is 0 Å². The largest absolute Gasteiger partial charge is 0.348 e. The van der Waals surface area contributed by atoms with Gasteiger partial charge in [-0.15, -0.1) is 0 Å². The molecule has 0 radical (unpaired) electrons. The first-order chi connectivity index (χ1) is 13.0. The topological polar surface area (TPSA) is 66.5 Å². The summed E-state index contributed by atoms with van der Waals surface area (Å²) in [7, 11) is -3.62. The molecule has 0 aliphatic heterocycles. The van der Waals surface area contributed by atoms with Crippen molar-refractivity contribution in [2.45, 2.75) is 53.1 Å². The third-order valence-corrected chi connectivity index (χ3v) is 6.18. The molecule has 1 amide bonds. The second-order valence-corrected chi connectivity index (χ2v) is 9.20. The quantitative estimate of drug-likeness (QED) is 0.764. The van der Waals surface area contributed by atoms with Crippen molar-refractivity contribution in [3.63, 3.8) is 0 Å². The Morgan fingerprint density at radius 1 is 1.07 bits per heavy atom. The van der Waals surface area contributed by atoms with Gasteiger partial charge >= 0.3 is 0 Å². The molecule has 28 heavy (non-hydrogen) atoms. The molecule has 0 fully saturated rings. The van der Waals surface area contributed by atoms with E-state index in [0.29, 0.717) is 5.69 Å². The van der Waals surface area contributed by atoms with Crippen LogP contribution < -0.4 is 9.62 Å². The smallest absolute Gasteiger partial charge is 0.244 e. The summed E-state index contributed by atoms with van der Waals surface area (Å²) in [6.07, 6.45) is 1.99. The van der Waals surface area contributed by atoms with Gasteiger partial charge in [0.15, 0.2) is 0 Å². The van der Waals surface area contributed by atoms with Crippen molar-refractivity contribution in [1.29, 1.82) is 0 Å². The Labute approximate surface area is 168 Å². The fourth-order valence-electron chi connectivity index (χ4n) is 3.41. The highest BCUT2D eigenvalue weighted by Gasteiger charge is 2.30. The molecular formula is C22H30N2O3S. The molecule has 0 aliphatic rings. The van der Waals surface area contributed by atoms with Crippen LogP contribution in [-0.4, -0.2) is 26.6 Å². The van der Waals surface area contributed by atoms with Gasteiger partial charge in [0.25, 0.3) is 0 Å². The molecule has 2 aromatic rings. The Morgan fingerprint density at radius 2 is 1.68 bits per heavy atom. The Bertz CT molecular complexity index is 937. The van der Waals surface area contributed by atoms with E-state index in [1.165, 1.54) is 4.31 Å². The summed E-state index contributed by atoms with van der Waals surface area (Å²) >= 11 is 0. The zero-order valence-electron chi connectivity index (χ0n) is 17.5. The fraction of sp³-hybridized carbons (Fsp3) is 0.409. The van der Waals surface area contributed by atoms with Gasteiger partial charge in [0.2, 0.25) is 15.9 Å². The summed E-state index contributed by atoms with van der Waals surface area (Å²) in [5.41, 5.74) is 4.87. The second-order valence-electron chi connectivity index (χ2n) is 7.35. The number of hydrogen-bond acceptors (Lipinski definition) is 3. The summed E-state index contributed by atoms with van der Waals surface area (Å²) in [5.74, 6) is -0.336. The standard InChI is InChI=1S/C22H30N2O3S/c1-7-19-9-11-20(12-10-19)24(28(6,26)27)18(5)22(25)23-17(4)21-13-8-15(2)14-16(21)3/h8-14,17-18H,7H2,1-6H3,(H,23,25)/t17-,18+/m1/s1. The Kier molecular flexibility index (Phi) is 6.88. The number of nitrogens with zero attached hydrogens (tertiary/aromatic N) is 1. The number of carbonyl (C=O) groups is 1. The normalized spacial score (nSPS) is 13.6. The SMILES string of the molecule is CCc1ccc(N([C@@H](C)C(=O)N[C@H](C)c2ccc(C)cc2C)S(C)(=O)=O)cc1. The van der Waals surface area contributed by atoms with E-state index < -0.39 is 16.1 Å². The predicted molar refractivity (Wildman–Crippen MR) is 115 cm³/mol. The molecule has 1 N–H and O–H groups in total. The number of carbonyl (C=O) groups excluding carboxylic acids is 1. The molecule has 0 aromatic heterocycles. The molecule has 0 aliphatic carbocycles. The fourth-order valence-corrected chi connectivity index (χ4v) is 4.59. The lowest BCUT2D eigenvalue weighted by atomic mass is 10.00. The number of amides is 1. The molecule has 0 unspecified atom stereocenters. The van der Waals surface area contributed by atoms with Crippen molar-refractivity contribution in [2.75, 3.05) is 10.6 Å². The van der Waals surface area contributed by atoms with Crippen LogP contribution in [0.3, 0.4) is 0 Å². The highest BCUT2D eigenvalue weighted by molar-refractivity contribution is 7.92. The van der Waals surface area contributed by atoms with Crippen molar-refractivity contribution in [2.24, 2.45) is 0 Å². The highest BCUT2D eigenvalue weighted by Crippen LogP contribution is 2.23. The number of hydrogen-bond donors (Lipinski definition) is 1. The first-order valence-electron chi connectivity index (χ1n) is 9.50. The molecule has 2 rings (SSSR count). The molecule has 2 aromatic carbocycles. The molecule has 5 nitrogen and oxygen atoms in total. The second kappa shape index (κ2) is 8.78. The van der Waals surface area contributed by atoms with Crippen LogP contribution in [0.1, 0.15) is 49.1 Å². The van der Waals surface area contributed by atoms with Gasteiger partial charge in [-0.1, -0.05) is 42.8 Å². The van der Waals surface area contributed by atoms with Crippen LogP contribution in [0.4, 0.5) is 5.69 Å². The van der Waals surface area contributed by atoms with Crippen LogP contribution in [0, 0.1) is 13.8 Å². The number of anilines is 1. The lowest BCUT2D eigenvalue weighted by Gasteiger charge is -2.29. The third kappa shape index (κ3) is 5.13. The van der Waals surface area contributed by atoms with E-state index >= 15 is 0 Å². The predicted octanol–water partition coefficient (Wildman–Crippen LogP) is 3.90. The third-order valence-electron chi connectivity index (χ3n) is 4.94. The molecule has 0 bridgehead atoms. The van der Waals surface area contributed by atoms with E-state index in [4.69, 9.17) is 0 Å². The molecule has 0 heterocycles. The summed E-state index contributed by atoms with van der Waals surface area (Å²) in [4.78, 5) is 12.9. The maximum atomic E-state index is 12.9. The Balaban J connectivity index is 2.25. The first-order valence-corrected chi connectivity index (χ1v) is 11.3. The van der Waals surface area contributed by atoms with Crippen molar-refractivity contribution < 1.29 is 13.2 Å². The van der Waals surface area contributed by atoms with Crippen molar-refractivity contribution >= 4 is 21.6 Å². The lowest BCUT2D eigenvalue weighted by molar-refractivity contribution is -0.122. The number of sulfonamides is 1. The number of nitrogens with one attached hydrogen (secondary N) is 1. The van der Waals surface area contributed by atoms with Crippen LogP contribution in [-0.2, 0) is 21.2 Å². The van der Waals surface area contributed by atoms with Gasteiger partial charge in [0.1, 0.15) is 6.04 Å². The van der Waals surface area contributed by atoms with Gasteiger partial charge in [-0.3, -0.25) is 9.10 Å². The van der Waals surface area contributed by atoms with E-state index in [-0.39, 0.29) is 11.9 Å². The molecule has 0 saturated heterocycles. The van der Waals surface area contributed by atoms with Crippen LogP contribution in [0.15, 0.2) is 42.5 Å². The van der Waals surface area contributed by atoms with Crippen molar-refractivity contribution in [3.05, 3.63) is 64.7 Å². The Morgan fingerprint density at radius 3 is 2.18 bits per heavy atom. The molecule has 0 spiro atoms. The summed E-state index contributed by atoms with van der Waals surface area (Å²) in [5, 5.41) is 2.96. The van der Waals surface area contributed by atoms with E-state index in [0.717, 1.165) is 34.9 Å². The minimum atomic E-state index is -3.62. The summed E-state index contributed by atoms with van der Waals surface area (Å²) in [6.45, 7) is 9.58. The van der Waals surface area contributed by atoms with Crippen LogP contribution in [0.5, 0.6) is 0 Å². The zero-order chi connectivity index (χ0) is 21.1. The maximum Gasteiger partial charge on any atom is 0.244 e. The first kappa shape index (κ1) is 22.0. The zero-order valence-corrected chi connectivity index (χ0v) is 18.3. The number of aryl methyl sites for hydroxylation is 3. The average molecular weight is 403 g/mol. The van der Waals surface area contributed by atoms with E-state index in [1.807, 2.05) is 52.0 Å². The number of rotatable bonds is 7. The van der Waals surface area contributed by atoms with Gasteiger partial charge in [0, 0.05) is 0 Å². The highest BCUT2D eigenvalue weighted by atomic mass is 32.2. The molecular weight excluding hydrogens is 372 g/mol. The van der Waals surface area contributed by atoms with Crippen molar-refractivity contribution in [3.8, 4) is 0 Å². The monoisotopic (exact) mass is 402 g/mol. The summed E-state index contributed by atoms with van der Waals surface area (Å²) < 4.78 is 26.0. The van der Waals surface area contributed by atoms with E-state index in [1.54, 1.807) is 19.1 Å². The van der Waals surface area contributed by atoms with E-state index in [9.17, 15) is 13.2 Å². The Hall–Kier alpha value is -2.34. The van der Waals surface area contributed by atoms with Gasteiger partial charge < -0.3 is 5.32 Å². The van der Waals surface area contributed by atoms with Crippen LogP contribution >= 0.6 is 0 Å². The molecule has 0 saturated carbocycles. The van der Waals surface area contributed by atoms with Gasteiger partial charge in [-0.05, 0) is 62.9 Å².